The molecule has 1 amide bonds. The van der Waals surface area contributed by atoms with Crippen LogP contribution >= 0.6 is 0 Å². The fourth-order valence-electron chi connectivity index (χ4n) is 3.38. The van der Waals surface area contributed by atoms with Crippen LogP contribution in [0.3, 0.4) is 0 Å². The number of amides is 1. The van der Waals surface area contributed by atoms with E-state index in [1.165, 1.54) is 6.07 Å². The second-order valence-corrected chi connectivity index (χ2v) is 9.00. The van der Waals surface area contributed by atoms with Crippen molar-refractivity contribution in [3.63, 3.8) is 0 Å². The van der Waals surface area contributed by atoms with Gasteiger partial charge < -0.3 is 15.4 Å². The summed E-state index contributed by atoms with van der Waals surface area (Å²) in [6, 6.07) is 20.2. The second-order valence-electron chi connectivity index (χ2n) is 7.47. The first-order valence-corrected chi connectivity index (χ1v) is 11.9. The quantitative estimate of drug-likeness (QED) is 0.343. The molecule has 0 unspecified atom stereocenters. The number of carbonyl (C=O) groups is 1. The molecule has 0 radical (unpaired) electrons. The number of nitrogens with zero attached hydrogens (tertiary/aromatic N) is 1. The average molecular weight is 467 g/mol. The van der Waals surface area contributed by atoms with Gasteiger partial charge in [0.15, 0.2) is 0 Å². The highest BCUT2D eigenvalue weighted by Gasteiger charge is 2.17. The van der Waals surface area contributed by atoms with Gasteiger partial charge in [0.1, 0.15) is 11.6 Å². The predicted molar refractivity (Wildman–Crippen MR) is 127 cm³/mol. The van der Waals surface area contributed by atoms with Gasteiger partial charge in [-0.1, -0.05) is 55.5 Å². The molecule has 0 aliphatic rings. The number of hydrogen-bond donors (Lipinski definition) is 3. The Morgan fingerprint density at radius 2 is 1.73 bits per heavy atom. The van der Waals surface area contributed by atoms with Crippen LogP contribution in [0, 0.1) is 5.41 Å². The molecule has 8 nitrogen and oxygen atoms in total. The number of rotatable bonds is 8. The number of nitrogens with two attached hydrogens (primary N) is 2. The Hall–Kier alpha value is -3.69. The van der Waals surface area contributed by atoms with Crippen LogP contribution < -0.4 is 15.6 Å². The molecule has 0 aromatic heterocycles. The molecule has 33 heavy (non-hydrogen) atoms. The number of benzene rings is 3. The van der Waals surface area contributed by atoms with E-state index in [1.807, 2.05) is 13.0 Å². The number of ether oxygens (including phenoxy) is 1. The van der Waals surface area contributed by atoms with Crippen LogP contribution in [-0.4, -0.2) is 31.8 Å². The molecule has 0 aliphatic heterocycles. The topological polar surface area (TPSA) is 140 Å². The highest BCUT2D eigenvalue weighted by atomic mass is 32.2. The lowest BCUT2D eigenvalue weighted by molar-refractivity contribution is 0.149. The van der Waals surface area contributed by atoms with Crippen LogP contribution in [0.15, 0.2) is 77.7 Å². The Balaban J connectivity index is 1.76. The molecule has 0 saturated heterocycles. The third kappa shape index (κ3) is 6.18. The summed E-state index contributed by atoms with van der Waals surface area (Å²) >= 11 is 0. The van der Waals surface area contributed by atoms with Gasteiger partial charge in [0.25, 0.3) is 0 Å². The van der Waals surface area contributed by atoms with Crippen molar-refractivity contribution in [1.82, 2.24) is 4.90 Å². The van der Waals surface area contributed by atoms with Crippen molar-refractivity contribution in [2.75, 3.05) is 6.54 Å². The van der Waals surface area contributed by atoms with E-state index < -0.39 is 16.1 Å². The number of primary sulfonamides is 1. The maximum Gasteiger partial charge on any atom is 0.415 e. The maximum atomic E-state index is 12.8. The monoisotopic (exact) mass is 466 g/mol. The molecule has 0 heterocycles. The van der Waals surface area contributed by atoms with E-state index in [1.54, 1.807) is 65.6 Å². The summed E-state index contributed by atoms with van der Waals surface area (Å²) in [5, 5.41) is 12.9. The molecule has 3 aromatic rings. The smallest absolute Gasteiger partial charge is 0.410 e. The molecule has 0 spiro atoms. The van der Waals surface area contributed by atoms with Crippen LogP contribution in [0.25, 0.3) is 11.1 Å². The van der Waals surface area contributed by atoms with E-state index >= 15 is 0 Å². The van der Waals surface area contributed by atoms with Crippen LogP contribution in [-0.2, 0) is 16.6 Å². The van der Waals surface area contributed by atoms with Crippen molar-refractivity contribution in [3.8, 4) is 16.9 Å². The summed E-state index contributed by atoms with van der Waals surface area (Å²) in [5.74, 6) is 0.293. The van der Waals surface area contributed by atoms with Gasteiger partial charge in [-0.25, -0.2) is 18.4 Å². The lowest BCUT2D eigenvalue weighted by Crippen LogP contribution is -2.33. The zero-order valence-electron chi connectivity index (χ0n) is 18.2. The molecule has 172 valence electrons. The van der Waals surface area contributed by atoms with Crippen molar-refractivity contribution >= 4 is 22.0 Å². The SMILES string of the molecule is CCCN(Cc1cccc(C(=N)N)c1)C(=O)Oc1ccc(-c2ccccc2S(N)(=O)=O)cc1. The zero-order chi connectivity index (χ0) is 24.0. The van der Waals surface area contributed by atoms with Gasteiger partial charge in [0.05, 0.1) is 4.90 Å². The van der Waals surface area contributed by atoms with Crippen LogP contribution in [0.4, 0.5) is 4.79 Å². The summed E-state index contributed by atoms with van der Waals surface area (Å²) in [6.45, 7) is 2.76. The van der Waals surface area contributed by atoms with Crippen LogP contribution in [0.1, 0.15) is 24.5 Å². The normalized spacial score (nSPS) is 11.1. The number of carbonyl (C=O) groups excluding carboxylic acids is 1. The third-order valence-electron chi connectivity index (χ3n) is 4.93. The summed E-state index contributed by atoms with van der Waals surface area (Å²) in [4.78, 5) is 14.4. The van der Waals surface area contributed by atoms with E-state index in [0.717, 1.165) is 12.0 Å². The molecule has 3 aromatic carbocycles. The van der Waals surface area contributed by atoms with Crippen molar-refractivity contribution in [2.24, 2.45) is 10.9 Å². The Morgan fingerprint density at radius 1 is 1.03 bits per heavy atom. The Kier molecular flexibility index (Phi) is 7.47. The van der Waals surface area contributed by atoms with E-state index in [-0.39, 0.29) is 10.7 Å². The maximum absolute atomic E-state index is 12.8. The molecule has 0 bridgehead atoms. The minimum Gasteiger partial charge on any atom is -0.410 e. The summed E-state index contributed by atoms with van der Waals surface area (Å²) in [7, 11) is -3.88. The van der Waals surface area contributed by atoms with Gasteiger partial charge in [0, 0.05) is 24.2 Å². The van der Waals surface area contributed by atoms with Crippen LogP contribution in [0.5, 0.6) is 5.75 Å². The largest absolute Gasteiger partial charge is 0.415 e. The molecule has 0 saturated carbocycles. The fraction of sp³-hybridized carbons (Fsp3) is 0.167. The highest BCUT2D eigenvalue weighted by molar-refractivity contribution is 7.89. The zero-order valence-corrected chi connectivity index (χ0v) is 19.0. The van der Waals surface area contributed by atoms with E-state index in [9.17, 15) is 13.2 Å². The minimum absolute atomic E-state index is 0.0247. The van der Waals surface area contributed by atoms with Gasteiger partial charge in [-0.15, -0.1) is 0 Å². The molecule has 5 N–H and O–H groups in total. The van der Waals surface area contributed by atoms with Gasteiger partial charge in [0.2, 0.25) is 10.0 Å². The number of amidine groups is 1. The number of nitrogen functional groups attached to an aromatic ring is 1. The Morgan fingerprint density at radius 3 is 2.36 bits per heavy atom. The molecular weight excluding hydrogens is 440 g/mol. The minimum atomic E-state index is -3.88. The predicted octanol–water partition coefficient (Wildman–Crippen LogP) is 3.70. The third-order valence-corrected chi connectivity index (χ3v) is 5.90. The summed E-state index contributed by atoms with van der Waals surface area (Å²) in [6.07, 6.45) is 0.230. The molecule has 0 fully saturated rings. The summed E-state index contributed by atoms with van der Waals surface area (Å²) < 4.78 is 29.3. The van der Waals surface area contributed by atoms with Gasteiger partial charge in [-0.3, -0.25) is 5.41 Å². The molecule has 0 aliphatic carbocycles. The standard InChI is InChI=1S/C24H26N4O4S/c1-2-14-28(16-17-6-5-7-19(15-17)23(25)26)24(29)32-20-12-10-18(11-13-20)21-8-3-4-9-22(21)33(27,30)31/h3-13,15H,2,14,16H2,1H3,(H3,25,26)(H2,27,30,31). The van der Waals surface area contributed by atoms with Gasteiger partial charge >= 0.3 is 6.09 Å². The fourth-order valence-corrected chi connectivity index (χ4v) is 4.14. The van der Waals surface area contributed by atoms with Crippen molar-refractivity contribution < 1.29 is 17.9 Å². The van der Waals surface area contributed by atoms with E-state index in [2.05, 4.69) is 0 Å². The van der Waals surface area contributed by atoms with Gasteiger partial charge in [-0.2, -0.15) is 0 Å². The van der Waals surface area contributed by atoms with Crippen molar-refractivity contribution in [3.05, 3.63) is 83.9 Å². The molecule has 3 rings (SSSR count). The average Bonchev–Trinajstić information content (AvgIpc) is 2.79. The number of nitrogens with one attached hydrogen (secondary N) is 1. The molecular formula is C24H26N4O4S. The second kappa shape index (κ2) is 10.3. The lowest BCUT2D eigenvalue weighted by atomic mass is 10.1. The molecule has 9 heteroatoms. The van der Waals surface area contributed by atoms with Crippen molar-refractivity contribution in [2.45, 2.75) is 24.8 Å². The number of hydrogen-bond acceptors (Lipinski definition) is 5. The Labute approximate surface area is 193 Å². The molecule has 0 atom stereocenters. The Bertz CT molecular complexity index is 1260. The van der Waals surface area contributed by atoms with Crippen molar-refractivity contribution in [1.29, 1.82) is 5.41 Å². The highest BCUT2D eigenvalue weighted by Crippen LogP contribution is 2.28. The lowest BCUT2D eigenvalue weighted by Gasteiger charge is -2.22. The van der Waals surface area contributed by atoms with E-state index in [4.69, 9.17) is 21.0 Å². The first kappa shape index (κ1) is 24.0. The first-order valence-electron chi connectivity index (χ1n) is 10.3. The van der Waals surface area contributed by atoms with Crippen LogP contribution in [0.2, 0.25) is 0 Å². The van der Waals surface area contributed by atoms with Gasteiger partial charge in [-0.05, 0) is 41.8 Å². The number of sulfonamides is 1. The van der Waals surface area contributed by atoms with E-state index in [0.29, 0.717) is 35.5 Å². The summed E-state index contributed by atoms with van der Waals surface area (Å²) in [5.41, 5.74) is 8.08. The first-order chi connectivity index (χ1) is 15.7.